The van der Waals surface area contributed by atoms with Crippen LogP contribution >= 0.6 is 11.1 Å². The molecule has 1 saturated carbocycles. The second-order valence-electron chi connectivity index (χ2n) is 8.25. The third-order valence-corrected chi connectivity index (χ3v) is 6.38. The van der Waals surface area contributed by atoms with Gasteiger partial charge >= 0.3 is 0 Å². The standard InChI is InChI=1S/C20H36N6O2S/c1-17(16-26-12-6-3-7-13-26)23-28-14-8-11-21-19-20(25-29(27)24-19)22-15-18-9-4-2-5-10-18/h18H,2-16H2,1H3,(H,21,24)(H,22,25)/b23-17+. The van der Waals surface area contributed by atoms with Crippen LogP contribution in [-0.2, 0) is 4.84 Å². The number of piperidine rings is 1. The van der Waals surface area contributed by atoms with Crippen LogP contribution in [0, 0.1) is 5.92 Å². The third-order valence-electron chi connectivity index (χ3n) is 5.62. The van der Waals surface area contributed by atoms with E-state index in [-0.39, 0.29) is 0 Å². The molecule has 1 unspecified atom stereocenters. The number of rotatable bonds is 9. The Hall–Kier alpha value is -1.45. The van der Waals surface area contributed by atoms with Crippen LogP contribution < -0.4 is 11.0 Å². The van der Waals surface area contributed by atoms with Gasteiger partial charge in [-0.05, 0) is 51.6 Å². The number of aromatic nitrogens is 2. The third kappa shape index (κ3) is 8.06. The molecule has 2 aliphatic rings. The molecule has 2 N–H and O–H groups in total. The van der Waals surface area contributed by atoms with E-state index in [4.69, 9.17) is 4.84 Å². The summed E-state index contributed by atoms with van der Waals surface area (Å²) in [4.78, 5) is 17.0. The Bertz CT molecular complexity index is 754. The minimum Gasteiger partial charge on any atom is -0.549 e. The highest BCUT2D eigenvalue weighted by Gasteiger charge is 2.13. The zero-order valence-electron chi connectivity index (χ0n) is 17.7. The Morgan fingerprint density at radius 3 is 2.52 bits per heavy atom. The number of aromatic amines is 2. The Morgan fingerprint density at radius 1 is 1.07 bits per heavy atom. The smallest absolute Gasteiger partial charge is 0.219 e. The van der Waals surface area contributed by atoms with Crippen molar-refractivity contribution in [3.05, 3.63) is 11.0 Å². The summed E-state index contributed by atoms with van der Waals surface area (Å²) >= 11 is -1.33. The van der Waals surface area contributed by atoms with E-state index in [0.29, 0.717) is 30.0 Å². The molecule has 1 aliphatic carbocycles. The highest BCUT2D eigenvalue weighted by Crippen LogP contribution is 2.23. The average Bonchev–Trinajstić information content (AvgIpc) is 3.10. The number of H-pyrrole nitrogens is 2. The molecule has 2 fully saturated rings. The summed E-state index contributed by atoms with van der Waals surface area (Å²) in [7, 11) is 0. The average molecular weight is 425 g/mol. The van der Waals surface area contributed by atoms with Gasteiger partial charge in [-0.1, -0.05) is 30.8 Å². The van der Waals surface area contributed by atoms with Gasteiger partial charge in [-0.15, -0.1) is 0 Å². The Morgan fingerprint density at radius 2 is 1.76 bits per heavy atom. The summed E-state index contributed by atoms with van der Waals surface area (Å²) in [5, 5.41) is 4.22. The fourth-order valence-electron chi connectivity index (χ4n) is 4.05. The van der Waals surface area contributed by atoms with E-state index in [1.807, 2.05) is 6.92 Å². The van der Waals surface area contributed by atoms with Gasteiger partial charge in [0, 0.05) is 26.1 Å². The second kappa shape index (κ2) is 12.3. The number of likely N-dealkylation sites (tertiary alicyclic amines) is 1. The van der Waals surface area contributed by atoms with Gasteiger partial charge in [0.1, 0.15) is 17.7 Å². The van der Waals surface area contributed by atoms with Gasteiger partial charge in [-0.25, -0.2) is 0 Å². The van der Waals surface area contributed by atoms with Crippen LogP contribution in [-0.4, -0.2) is 63.2 Å². The molecular formula is C20H36N6O2S. The lowest BCUT2D eigenvalue weighted by Gasteiger charge is -2.25. The largest absolute Gasteiger partial charge is 0.549 e. The molecule has 1 aromatic heterocycles. The molecule has 0 spiro atoms. The normalized spacial score (nSPS) is 21.7. The number of nitrogens with one attached hydrogen (secondary N) is 2. The van der Waals surface area contributed by atoms with Crippen LogP contribution in [0.2, 0.25) is 0 Å². The highest BCUT2D eigenvalue weighted by molar-refractivity contribution is 7.13. The van der Waals surface area contributed by atoms with Gasteiger partial charge in [0.25, 0.3) is 0 Å². The van der Waals surface area contributed by atoms with Crippen molar-refractivity contribution in [2.75, 3.05) is 39.3 Å². The van der Waals surface area contributed by atoms with E-state index in [2.05, 4.69) is 28.8 Å². The van der Waals surface area contributed by atoms with Crippen molar-refractivity contribution in [1.29, 1.82) is 0 Å². The topological polar surface area (TPSA) is 104 Å². The van der Waals surface area contributed by atoms with Crippen molar-refractivity contribution in [1.82, 2.24) is 13.6 Å². The van der Waals surface area contributed by atoms with Crippen LogP contribution in [0.1, 0.15) is 64.7 Å². The second-order valence-corrected chi connectivity index (χ2v) is 9.19. The fraction of sp³-hybridized carbons (Fsp3) is 0.850. The van der Waals surface area contributed by atoms with E-state index in [1.54, 1.807) is 0 Å². The van der Waals surface area contributed by atoms with Crippen molar-refractivity contribution in [3.8, 4) is 0 Å². The molecule has 8 nitrogen and oxygen atoms in total. The minimum absolute atomic E-state index is 0.527. The summed E-state index contributed by atoms with van der Waals surface area (Å²) in [6.07, 6.45) is 11.1. The van der Waals surface area contributed by atoms with Crippen LogP contribution in [0.4, 0.5) is 0 Å². The van der Waals surface area contributed by atoms with Crippen molar-refractivity contribution >= 4 is 16.9 Å². The van der Waals surface area contributed by atoms with Crippen molar-refractivity contribution < 1.29 is 9.39 Å². The van der Waals surface area contributed by atoms with Gasteiger partial charge in [-0.2, -0.15) is 8.75 Å². The molecule has 1 saturated heterocycles. The number of hydrogen-bond acceptors (Lipinski definition) is 6. The van der Waals surface area contributed by atoms with Crippen LogP contribution in [0.5, 0.6) is 0 Å². The first kappa shape index (κ1) is 22.2. The lowest BCUT2D eigenvalue weighted by Crippen LogP contribution is -2.33. The number of hydrogen-bond donors (Lipinski definition) is 2. The first-order valence-electron chi connectivity index (χ1n) is 11.1. The molecule has 0 amide bonds. The van der Waals surface area contributed by atoms with Crippen molar-refractivity contribution in [3.63, 3.8) is 0 Å². The van der Waals surface area contributed by atoms with Gasteiger partial charge in [0.15, 0.2) is 0 Å². The van der Waals surface area contributed by atoms with Crippen molar-refractivity contribution in [2.45, 2.75) is 64.7 Å². The molecule has 164 valence electrons. The zero-order valence-corrected chi connectivity index (χ0v) is 18.5. The van der Waals surface area contributed by atoms with Gasteiger partial charge in [0.05, 0.1) is 5.71 Å². The highest BCUT2D eigenvalue weighted by atomic mass is 32.2. The summed E-state index contributed by atoms with van der Waals surface area (Å²) in [6, 6.07) is 0. The summed E-state index contributed by atoms with van der Waals surface area (Å²) in [5.41, 5.74) is 2.25. The first-order chi connectivity index (χ1) is 14.2. The predicted octanol–water partition coefficient (Wildman–Crippen LogP) is 2.72. The Kier molecular flexibility index (Phi) is 9.43. The predicted molar refractivity (Wildman–Crippen MR) is 115 cm³/mol. The quantitative estimate of drug-likeness (QED) is 0.276. The minimum atomic E-state index is -1.33. The van der Waals surface area contributed by atoms with E-state index in [0.717, 1.165) is 38.3 Å². The van der Waals surface area contributed by atoms with E-state index in [9.17, 15) is 4.55 Å². The van der Waals surface area contributed by atoms with Crippen LogP contribution in [0.25, 0.3) is 0 Å². The Balaban J connectivity index is 1.41. The molecular weight excluding hydrogens is 388 g/mol. The van der Waals surface area contributed by atoms with Gasteiger partial charge in [0.2, 0.25) is 11.0 Å². The first-order valence-corrected chi connectivity index (χ1v) is 12.3. The maximum absolute atomic E-state index is 11.8. The van der Waals surface area contributed by atoms with E-state index in [1.165, 1.54) is 51.4 Å². The molecule has 0 radical (unpaired) electrons. The summed E-state index contributed by atoms with van der Waals surface area (Å²) in [6.45, 7) is 7.14. The molecule has 3 rings (SSSR count). The molecule has 9 heteroatoms. The lowest BCUT2D eigenvalue weighted by atomic mass is 9.89. The fourth-order valence-corrected chi connectivity index (χ4v) is 4.77. The molecule has 29 heavy (non-hydrogen) atoms. The molecule has 2 heterocycles. The number of oxime groups is 1. The van der Waals surface area contributed by atoms with E-state index < -0.39 is 11.1 Å². The maximum atomic E-state index is 11.8. The molecule has 1 aliphatic heterocycles. The van der Waals surface area contributed by atoms with Crippen LogP contribution in [0.3, 0.4) is 0 Å². The Labute approximate surface area is 176 Å². The van der Waals surface area contributed by atoms with Crippen LogP contribution in [0.15, 0.2) is 15.1 Å². The zero-order chi connectivity index (χ0) is 20.3. The monoisotopic (exact) mass is 424 g/mol. The maximum Gasteiger partial charge on any atom is 0.219 e. The molecule has 0 aromatic carbocycles. The lowest BCUT2D eigenvalue weighted by molar-refractivity contribution is 0.140. The van der Waals surface area contributed by atoms with Gasteiger partial charge in [-0.3, -0.25) is 14.9 Å². The van der Waals surface area contributed by atoms with Gasteiger partial charge < -0.3 is 9.39 Å². The van der Waals surface area contributed by atoms with E-state index >= 15 is 0 Å². The molecule has 1 aromatic rings. The summed E-state index contributed by atoms with van der Waals surface area (Å²) < 4.78 is 17.5. The SMILES string of the molecule is C/C(CN1CCCCC1)=N\OCCCN=c1[nH][s+]([O-])[nH]c1=NCC1CCCCC1. The summed E-state index contributed by atoms with van der Waals surface area (Å²) in [5.74, 6) is 0.646. The number of nitrogens with zero attached hydrogens (tertiary/aromatic N) is 4. The molecule has 0 bridgehead atoms. The van der Waals surface area contributed by atoms with Crippen molar-refractivity contribution in [2.24, 2.45) is 21.1 Å². The molecule has 1 atom stereocenters.